The molecule has 0 aromatic heterocycles. The zero-order valence-corrected chi connectivity index (χ0v) is 13.2. The van der Waals surface area contributed by atoms with Gasteiger partial charge in [0.1, 0.15) is 5.75 Å². The zero-order valence-electron chi connectivity index (χ0n) is 13.2. The van der Waals surface area contributed by atoms with Crippen molar-refractivity contribution in [3.05, 3.63) is 28.8 Å². The fourth-order valence-electron chi connectivity index (χ4n) is 2.36. The molecule has 19 heavy (non-hydrogen) atoms. The largest absolute Gasteiger partial charge is 0.493 e. The molecule has 0 heterocycles. The van der Waals surface area contributed by atoms with E-state index < -0.39 is 0 Å². The second-order valence-electron chi connectivity index (χ2n) is 5.33. The fourth-order valence-corrected chi connectivity index (χ4v) is 2.36. The Kier molecular flexibility index (Phi) is 6.93. The minimum Gasteiger partial charge on any atom is -0.493 e. The van der Waals surface area contributed by atoms with Crippen molar-refractivity contribution in [2.24, 2.45) is 5.92 Å². The van der Waals surface area contributed by atoms with Crippen LogP contribution in [0.25, 0.3) is 0 Å². The fraction of sp³-hybridized carbons (Fsp3) is 0.647. The van der Waals surface area contributed by atoms with E-state index in [0.29, 0.717) is 5.92 Å². The van der Waals surface area contributed by atoms with Crippen molar-refractivity contribution in [2.45, 2.75) is 54.0 Å². The molecule has 0 saturated heterocycles. The van der Waals surface area contributed by atoms with Gasteiger partial charge >= 0.3 is 0 Å². The first-order valence-electron chi connectivity index (χ1n) is 7.55. The third-order valence-corrected chi connectivity index (χ3v) is 3.72. The highest BCUT2D eigenvalue weighted by Gasteiger charge is 2.09. The van der Waals surface area contributed by atoms with Gasteiger partial charge in [-0.1, -0.05) is 45.7 Å². The molecule has 1 rings (SSSR count). The molecule has 2 heteroatoms. The third kappa shape index (κ3) is 4.87. The van der Waals surface area contributed by atoms with Crippen LogP contribution >= 0.6 is 0 Å². The van der Waals surface area contributed by atoms with Gasteiger partial charge in [-0.05, 0) is 43.0 Å². The van der Waals surface area contributed by atoms with Crippen LogP contribution in [0.4, 0.5) is 0 Å². The quantitative estimate of drug-likeness (QED) is 0.758. The Morgan fingerprint density at radius 1 is 1.05 bits per heavy atom. The Balaban J connectivity index is 2.73. The van der Waals surface area contributed by atoms with Gasteiger partial charge in [-0.3, -0.25) is 0 Å². The lowest BCUT2D eigenvalue weighted by Gasteiger charge is -2.18. The average Bonchev–Trinajstić information content (AvgIpc) is 2.40. The molecule has 2 nitrogen and oxygen atoms in total. The van der Waals surface area contributed by atoms with Gasteiger partial charge in [-0.25, -0.2) is 0 Å². The molecule has 0 saturated carbocycles. The summed E-state index contributed by atoms with van der Waals surface area (Å²) in [6, 6.07) is 4.47. The van der Waals surface area contributed by atoms with Gasteiger partial charge in [0.05, 0.1) is 6.61 Å². The first-order chi connectivity index (χ1) is 9.12. The molecule has 0 spiro atoms. The molecule has 1 N–H and O–H groups in total. The van der Waals surface area contributed by atoms with Crippen LogP contribution < -0.4 is 10.1 Å². The molecular weight excluding hydrogens is 234 g/mol. The van der Waals surface area contributed by atoms with Gasteiger partial charge in [0.2, 0.25) is 0 Å². The van der Waals surface area contributed by atoms with Crippen molar-refractivity contribution in [3.63, 3.8) is 0 Å². The molecular formula is C17H29NO. The maximum Gasteiger partial charge on any atom is 0.125 e. The van der Waals surface area contributed by atoms with Crippen molar-refractivity contribution < 1.29 is 4.74 Å². The summed E-state index contributed by atoms with van der Waals surface area (Å²) in [5, 5.41) is 3.37. The molecule has 0 bridgehead atoms. The molecule has 0 aliphatic carbocycles. The van der Waals surface area contributed by atoms with Gasteiger partial charge in [-0.2, -0.15) is 0 Å². The normalized spacial score (nSPS) is 11.1. The summed E-state index contributed by atoms with van der Waals surface area (Å²) in [5.41, 5.74) is 3.84. The second-order valence-corrected chi connectivity index (χ2v) is 5.33. The Bertz CT molecular complexity index is 360. The molecule has 0 aliphatic rings. The van der Waals surface area contributed by atoms with E-state index in [0.717, 1.165) is 25.4 Å². The first kappa shape index (κ1) is 16.0. The van der Waals surface area contributed by atoms with Crippen molar-refractivity contribution in [2.75, 3.05) is 13.2 Å². The molecule has 108 valence electrons. The van der Waals surface area contributed by atoms with Gasteiger partial charge < -0.3 is 10.1 Å². The Labute approximate surface area is 118 Å². The number of hydrogen-bond donors (Lipinski definition) is 1. The molecule has 0 amide bonds. The zero-order chi connectivity index (χ0) is 14.3. The molecule has 0 radical (unpaired) electrons. The Morgan fingerprint density at radius 2 is 1.63 bits per heavy atom. The summed E-state index contributed by atoms with van der Waals surface area (Å²) in [6.45, 7) is 13.7. The van der Waals surface area contributed by atoms with Gasteiger partial charge in [0.25, 0.3) is 0 Å². The number of nitrogens with one attached hydrogen (secondary N) is 1. The summed E-state index contributed by atoms with van der Waals surface area (Å²) in [7, 11) is 0. The van der Waals surface area contributed by atoms with Crippen molar-refractivity contribution in [1.29, 1.82) is 0 Å². The summed E-state index contributed by atoms with van der Waals surface area (Å²) in [5.74, 6) is 1.74. The van der Waals surface area contributed by atoms with Crippen LogP contribution in [0.3, 0.4) is 0 Å². The first-order valence-corrected chi connectivity index (χ1v) is 7.55. The molecule has 0 atom stereocenters. The topological polar surface area (TPSA) is 21.3 Å². The number of ether oxygens (including phenoxy) is 1. The predicted molar refractivity (Wildman–Crippen MR) is 82.9 cm³/mol. The van der Waals surface area contributed by atoms with E-state index in [4.69, 9.17) is 4.74 Å². The molecule has 0 fully saturated rings. The maximum absolute atomic E-state index is 6.05. The van der Waals surface area contributed by atoms with Gasteiger partial charge in [-0.15, -0.1) is 0 Å². The van der Waals surface area contributed by atoms with E-state index in [-0.39, 0.29) is 0 Å². The van der Waals surface area contributed by atoms with Crippen molar-refractivity contribution in [1.82, 2.24) is 5.32 Å². The monoisotopic (exact) mass is 263 g/mol. The van der Waals surface area contributed by atoms with Crippen LogP contribution in [0.2, 0.25) is 0 Å². The standard InChI is InChI=1S/C17H29NO/c1-6-15(7-2)12-19-17-13(4)9-16(10-14(17)5)11-18-8-3/h9-10,15,18H,6-8,11-12H2,1-5H3. The number of benzene rings is 1. The molecule has 1 aromatic rings. The minimum absolute atomic E-state index is 0.667. The molecule has 0 unspecified atom stereocenters. The molecule has 1 aromatic carbocycles. The van der Waals surface area contributed by atoms with Crippen LogP contribution in [0, 0.1) is 19.8 Å². The van der Waals surface area contributed by atoms with Crippen LogP contribution in [-0.4, -0.2) is 13.2 Å². The lowest BCUT2D eigenvalue weighted by atomic mass is 10.0. The molecule has 0 aliphatic heterocycles. The summed E-state index contributed by atoms with van der Waals surface area (Å²) >= 11 is 0. The van der Waals surface area contributed by atoms with Crippen LogP contribution in [0.5, 0.6) is 5.75 Å². The predicted octanol–water partition coefficient (Wildman–Crippen LogP) is 4.23. The van der Waals surface area contributed by atoms with E-state index in [1.165, 1.54) is 29.5 Å². The van der Waals surface area contributed by atoms with E-state index in [1.54, 1.807) is 0 Å². The summed E-state index contributed by atoms with van der Waals surface area (Å²) < 4.78 is 6.05. The second kappa shape index (κ2) is 8.21. The van der Waals surface area contributed by atoms with Gasteiger partial charge in [0.15, 0.2) is 0 Å². The number of hydrogen-bond acceptors (Lipinski definition) is 2. The van der Waals surface area contributed by atoms with Crippen LogP contribution in [0.15, 0.2) is 12.1 Å². The van der Waals surface area contributed by atoms with E-state index in [1.807, 2.05) is 0 Å². The maximum atomic E-state index is 6.05. The van der Waals surface area contributed by atoms with Crippen molar-refractivity contribution in [3.8, 4) is 5.75 Å². The summed E-state index contributed by atoms with van der Waals surface area (Å²) in [6.07, 6.45) is 2.38. The highest BCUT2D eigenvalue weighted by molar-refractivity contribution is 5.43. The lowest BCUT2D eigenvalue weighted by molar-refractivity contribution is 0.238. The lowest BCUT2D eigenvalue weighted by Crippen LogP contribution is -2.13. The van der Waals surface area contributed by atoms with Gasteiger partial charge in [0, 0.05) is 6.54 Å². The minimum atomic E-state index is 0.667. The van der Waals surface area contributed by atoms with Crippen molar-refractivity contribution >= 4 is 0 Å². The number of aryl methyl sites for hydroxylation is 2. The third-order valence-electron chi connectivity index (χ3n) is 3.72. The highest BCUT2D eigenvalue weighted by atomic mass is 16.5. The SMILES string of the molecule is CCNCc1cc(C)c(OCC(CC)CC)c(C)c1. The Hall–Kier alpha value is -1.02. The Morgan fingerprint density at radius 3 is 2.11 bits per heavy atom. The van der Waals surface area contributed by atoms with Crippen LogP contribution in [-0.2, 0) is 6.54 Å². The smallest absolute Gasteiger partial charge is 0.125 e. The van der Waals surface area contributed by atoms with Crippen LogP contribution in [0.1, 0.15) is 50.3 Å². The summed E-state index contributed by atoms with van der Waals surface area (Å²) in [4.78, 5) is 0. The van der Waals surface area contributed by atoms with E-state index in [2.05, 4.69) is 52.1 Å². The van der Waals surface area contributed by atoms with E-state index in [9.17, 15) is 0 Å². The van der Waals surface area contributed by atoms with E-state index >= 15 is 0 Å². The highest BCUT2D eigenvalue weighted by Crippen LogP contribution is 2.26. The average molecular weight is 263 g/mol. The number of rotatable bonds is 8.